The van der Waals surface area contributed by atoms with E-state index in [-0.39, 0.29) is 0 Å². The average Bonchev–Trinajstić information content (AvgIpc) is 3.11. The molecule has 5 heteroatoms. The molecule has 28 heavy (non-hydrogen) atoms. The van der Waals surface area contributed by atoms with Crippen LogP contribution in [0.4, 0.5) is 0 Å². The lowest BCUT2D eigenvalue weighted by Crippen LogP contribution is -2.00. The lowest BCUT2D eigenvalue weighted by atomic mass is 10.1. The summed E-state index contributed by atoms with van der Waals surface area (Å²) in [6, 6.07) is 18.3. The van der Waals surface area contributed by atoms with Crippen LogP contribution in [0.3, 0.4) is 0 Å². The molecule has 1 aromatic heterocycles. The molecule has 4 aromatic rings. The van der Waals surface area contributed by atoms with Gasteiger partial charge < -0.3 is 14.5 Å². The Bertz CT molecular complexity index is 1150. The minimum absolute atomic E-state index is 0.477. The molecule has 3 aromatic carbocycles. The van der Waals surface area contributed by atoms with Crippen molar-refractivity contribution in [1.29, 1.82) is 0 Å². The molecule has 0 spiro atoms. The van der Waals surface area contributed by atoms with Crippen LogP contribution >= 0.6 is 15.9 Å². The van der Waals surface area contributed by atoms with Crippen molar-refractivity contribution in [3.05, 3.63) is 75.8 Å². The summed E-state index contributed by atoms with van der Waals surface area (Å²) in [6.07, 6.45) is 0. The lowest BCUT2D eigenvalue weighted by molar-refractivity contribution is 0.282. The molecule has 0 saturated carbocycles. The fourth-order valence-electron chi connectivity index (χ4n) is 3.18. The van der Waals surface area contributed by atoms with Crippen LogP contribution in [-0.2, 0) is 6.61 Å². The molecule has 0 fully saturated rings. The third-order valence-electron chi connectivity index (χ3n) is 4.77. The fraction of sp³-hybridized carbons (Fsp3) is 0.174. The smallest absolute Gasteiger partial charge is 0.175 e. The predicted molar refractivity (Wildman–Crippen MR) is 116 cm³/mol. The molecule has 0 aliphatic heterocycles. The standard InChI is InChI=1S/C23H21BrN2O2/c1-14-8-9-19-20(10-14)26-23(25-19)17-11-18(24)22(21(12-17)27-3)28-13-16-7-5-4-6-15(16)2/h4-12H,13H2,1-3H3,(H,25,26). The molecule has 1 heterocycles. The monoisotopic (exact) mass is 436 g/mol. The van der Waals surface area contributed by atoms with Gasteiger partial charge in [0, 0.05) is 5.56 Å². The average molecular weight is 437 g/mol. The second-order valence-electron chi connectivity index (χ2n) is 6.81. The van der Waals surface area contributed by atoms with E-state index in [1.165, 1.54) is 11.1 Å². The van der Waals surface area contributed by atoms with Gasteiger partial charge >= 0.3 is 0 Å². The van der Waals surface area contributed by atoms with Crippen molar-refractivity contribution in [2.75, 3.05) is 7.11 Å². The summed E-state index contributed by atoms with van der Waals surface area (Å²) >= 11 is 3.64. The first-order chi connectivity index (χ1) is 13.5. The summed E-state index contributed by atoms with van der Waals surface area (Å²) in [4.78, 5) is 8.09. The highest BCUT2D eigenvalue weighted by molar-refractivity contribution is 9.10. The predicted octanol–water partition coefficient (Wildman–Crippen LogP) is 6.20. The summed E-state index contributed by atoms with van der Waals surface area (Å²) in [5, 5.41) is 0. The van der Waals surface area contributed by atoms with E-state index in [0.29, 0.717) is 18.1 Å². The van der Waals surface area contributed by atoms with Gasteiger partial charge in [-0.25, -0.2) is 4.98 Å². The van der Waals surface area contributed by atoms with Crippen molar-refractivity contribution in [3.63, 3.8) is 0 Å². The molecule has 4 nitrogen and oxygen atoms in total. The Balaban J connectivity index is 1.67. The highest BCUT2D eigenvalue weighted by atomic mass is 79.9. The van der Waals surface area contributed by atoms with E-state index in [4.69, 9.17) is 14.5 Å². The Labute approximate surface area is 172 Å². The number of hydrogen-bond acceptors (Lipinski definition) is 3. The fourth-order valence-corrected chi connectivity index (χ4v) is 3.74. The SMILES string of the molecule is COc1cc(-c2nc3ccc(C)cc3[nH]2)cc(Br)c1OCc1ccccc1C. The van der Waals surface area contributed by atoms with Crippen LogP contribution in [0.15, 0.2) is 59.1 Å². The number of benzene rings is 3. The van der Waals surface area contributed by atoms with Gasteiger partial charge in [-0.1, -0.05) is 30.3 Å². The summed E-state index contributed by atoms with van der Waals surface area (Å²) in [6.45, 7) is 4.63. The minimum Gasteiger partial charge on any atom is -0.493 e. The Morgan fingerprint density at radius 3 is 2.64 bits per heavy atom. The van der Waals surface area contributed by atoms with Gasteiger partial charge in [-0.2, -0.15) is 0 Å². The highest BCUT2D eigenvalue weighted by Gasteiger charge is 2.15. The number of aromatic amines is 1. The number of H-pyrrole nitrogens is 1. The number of ether oxygens (including phenoxy) is 2. The maximum atomic E-state index is 6.09. The first-order valence-electron chi connectivity index (χ1n) is 9.07. The molecule has 0 radical (unpaired) electrons. The lowest BCUT2D eigenvalue weighted by Gasteiger charge is -2.15. The largest absolute Gasteiger partial charge is 0.493 e. The molecule has 0 aliphatic rings. The topological polar surface area (TPSA) is 47.1 Å². The number of methoxy groups -OCH3 is 1. The zero-order chi connectivity index (χ0) is 19.7. The third kappa shape index (κ3) is 3.62. The van der Waals surface area contributed by atoms with Crippen molar-refractivity contribution in [3.8, 4) is 22.9 Å². The van der Waals surface area contributed by atoms with E-state index in [9.17, 15) is 0 Å². The van der Waals surface area contributed by atoms with Gasteiger partial charge in [-0.15, -0.1) is 0 Å². The molecule has 0 amide bonds. The number of nitrogens with zero attached hydrogens (tertiary/aromatic N) is 1. The number of imidazole rings is 1. The van der Waals surface area contributed by atoms with E-state index in [1.54, 1.807) is 7.11 Å². The summed E-state index contributed by atoms with van der Waals surface area (Å²) in [7, 11) is 1.65. The molecule has 0 bridgehead atoms. The summed E-state index contributed by atoms with van der Waals surface area (Å²) in [5.74, 6) is 2.14. The third-order valence-corrected chi connectivity index (χ3v) is 5.36. The molecule has 0 unspecified atom stereocenters. The molecular weight excluding hydrogens is 416 g/mol. The summed E-state index contributed by atoms with van der Waals surface area (Å²) in [5.41, 5.74) is 6.43. The Hall–Kier alpha value is -2.79. The van der Waals surface area contributed by atoms with Gasteiger partial charge in [-0.3, -0.25) is 0 Å². The van der Waals surface area contributed by atoms with Gasteiger partial charge in [0.15, 0.2) is 11.5 Å². The zero-order valence-electron chi connectivity index (χ0n) is 16.0. The van der Waals surface area contributed by atoms with Crippen LogP contribution in [-0.4, -0.2) is 17.1 Å². The van der Waals surface area contributed by atoms with Crippen LogP contribution < -0.4 is 9.47 Å². The van der Waals surface area contributed by atoms with Gasteiger partial charge in [0.1, 0.15) is 12.4 Å². The second-order valence-corrected chi connectivity index (χ2v) is 7.66. The van der Waals surface area contributed by atoms with Crippen molar-refractivity contribution in [2.45, 2.75) is 20.5 Å². The van der Waals surface area contributed by atoms with Crippen molar-refractivity contribution < 1.29 is 9.47 Å². The van der Waals surface area contributed by atoms with Gasteiger partial charge in [0.05, 0.1) is 22.6 Å². The Morgan fingerprint density at radius 2 is 1.86 bits per heavy atom. The number of nitrogens with one attached hydrogen (secondary N) is 1. The van der Waals surface area contributed by atoms with Crippen LogP contribution in [0.25, 0.3) is 22.4 Å². The maximum absolute atomic E-state index is 6.09. The highest BCUT2D eigenvalue weighted by Crippen LogP contribution is 2.40. The van der Waals surface area contributed by atoms with E-state index in [0.717, 1.165) is 32.5 Å². The molecular formula is C23H21BrN2O2. The molecule has 0 aliphatic carbocycles. The van der Waals surface area contributed by atoms with E-state index in [1.807, 2.05) is 30.3 Å². The molecule has 0 saturated heterocycles. The van der Waals surface area contributed by atoms with Gasteiger partial charge in [0.2, 0.25) is 0 Å². The van der Waals surface area contributed by atoms with E-state index < -0.39 is 0 Å². The van der Waals surface area contributed by atoms with Gasteiger partial charge in [-0.05, 0) is 70.7 Å². The van der Waals surface area contributed by atoms with Crippen LogP contribution in [0, 0.1) is 13.8 Å². The molecule has 1 N–H and O–H groups in total. The van der Waals surface area contributed by atoms with Crippen LogP contribution in [0.5, 0.6) is 11.5 Å². The van der Waals surface area contributed by atoms with E-state index >= 15 is 0 Å². The van der Waals surface area contributed by atoms with Crippen molar-refractivity contribution in [1.82, 2.24) is 9.97 Å². The number of hydrogen-bond donors (Lipinski definition) is 1. The minimum atomic E-state index is 0.477. The zero-order valence-corrected chi connectivity index (χ0v) is 17.6. The maximum Gasteiger partial charge on any atom is 0.175 e. The first kappa shape index (κ1) is 18.6. The van der Waals surface area contributed by atoms with Crippen molar-refractivity contribution >= 4 is 27.0 Å². The number of halogens is 1. The molecule has 142 valence electrons. The normalized spacial score (nSPS) is 11.0. The second kappa shape index (κ2) is 7.68. The van der Waals surface area contributed by atoms with Crippen LogP contribution in [0.2, 0.25) is 0 Å². The van der Waals surface area contributed by atoms with E-state index in [2.05, 4.69) is 59.0 Å². The number of rotatable bonds is 5. The Kier molecular flexibility index (Phi) is 5.09. The van der Waals surface area contributed by atoms with Crippen molar-refractivity contribution in [2.24, 2.45) is 0 Å². The molecule has 0 atom stereocenters. The summed E-state index contributed by atoms with van der Waals surface area (Å²) < 4.78 is 12.5. The van der Waals surface area contributed by atoms with Crippen LogP contribution in [0.1, 0.15) is 16.7 Å². The quantitative estimate of drug-likeness (QED) is 0.405. The first-order valence-corrected chi connectivity index (χ1v) is 9.86. The number of aromatic nitrogens is 2. The van der Waals surface area contributed by atoms with Gasteiger partial charge in [0.25, 0.3) is 0 Å². The molecule has 4 rings (SSSR count). The number of aryl methyl sites for hydroxylation is 2. The number of fused-ring (bicyclic) bond motifs is 1. The Morgan fingerprint density at radius 1 is 1.04 bits per heavy atom.